The zero-order valence-electron chi connectivity index (χ0n) is 15.7. The Morgan fingerprint density at radius 2 is 1.79 bits per heavy atom. The first-order valence-corrected chi connectivity index (χ1v) is 10.6. The molecule has 1 aliphatic heterocycles. The molecule has 0 unspecified atom stereocenters. The third kappa shape index (κ3) is 3.53. The monoisotopic (exact) mass is 457 g/mol. The summed E-state index contributed by atoms with van der Waals surface area (Å²) in [5, 5.41) is 11.1. The van der Waals surface area contributed by atoms with Crippen LogP contribution in [0.2, 0.25) is 0 Å². The Labute approximate surface area is 176 Å². The average Bonchev–Trinajstić information content (AvgIpc) is 3.18. The molecular formula is C21H20BrN3O4. The van der Waals surface area contributed by atoms with Crippen LogP contribution in [-0.2, 0) is 16.1 Å². The SMILES string of the molecule is O=C1[C@H]2CCC[C@H]2N(C(=O)CBr)c2ccccc2N1Cc1ccc([N+](=O)[O-])cc1. The number of anilines is 2. The number of halogens is 1. The van der Waals surface area contributed by atoms with Crippen LogP contribution in [-0.4, -0.2) is 28.1 Å². The zero-order chi connectivity index (χ0) is 20.5. The number of nitro groups is 1. The van der Waals surface area contributed by atoms with Gasteiger partial charge in [-0.3, -0.25) is 19.7 Å². The second-order valence-corrected chi connectivity index (χ2v) is 7.90. The lowest BCUT2D eigenvalue weighted by atomic mass is 10.0. The quantitative estimate of drug-likeness (QED) is 0.393. The number of hydrogen-bond donors (Lipinski definition) is 0. The lowest BCUT2D eigenvalue weighted by Gasteiger charge is -2.30. The largest absolute Gasteiger partial charge is 0.306 e. The number of carbonyl (C=O) groups excluding carboxylic acids is 2. The van der Waals surface area contributed by atoms with Crippen LogP contribution in [0.4, 0.5) is 17.1 Å². The summed E-state index contributed by atoms with van der Waals surface area (Å²) in [5.74, 6) is -0.300. The van der Waals surface area contributed by atoms with Gasteiger partial charge in [-0.2, -0.15) is 0 Å². The molecule has 0 radical (unpaired) electrons. The van der Waals surface area contributed by atoms with E-state index in [1.54, 1.807) is 21.9 Å². The number of benzene rings is 2. The van der Waals surface area contributed by atoms with E-state index in [0.717, 1.165) is 30.5 Å². The van der Waals surface area contributed by atoms with Crippen molar-refractivity contribution in [2.75, 3.05) is 15.1 Å². The van der Waals surface area contributed by atoms with Gasteiger partial charge in [-0.15, -0.1) is 0 Å². The number of para-hydroxylation sites is 2. The summed E-state index contributed by atoms with van der Waals surface area (Å²) in [4.78, 5) is 40.3. The molecule has 8 heteroatoms. The van der Waals surface area contributed by atoms with Crippen molar-refractivity contribution in [3.63, 3.8) is 0 Å². The summed E-state index contributed by atoms with van der Waals surface area (Å²) in [6, 6.07) is 13.6. The molecule has 7 nitrogen and oxygen atoms in total. The molecule has 150 valence electrons. The van der Waals surface area contributed by atoms with Crippen molar-refractivity contribution in [1.82, 2.24) is 0 Å². The van der Waals surface area contributed by atoms with E-state index in [1.807, 2.05) is 24.3 Å². The molecule has 2 atom stereocenters. The number of alkyl halides is 1. The van der Waals surface area contributed by atoms with Crippen LogP contribution >= 0.6 is 15.9 Å². The van der Waals surface area contributed by atoms with Crippen LogP contribution in [0.3, 0.4) is 0 Å². The summed E-state index contributed by atoms with van der Waals surface area (Å²) in [6.07, 6.45) is 2.45. The normalized spacial score (nSPS) is 20.8. The van der Waals surface area contributed by atoms with E-state index in [1.165, 1.54) is 12.1 Å². The standard InChI is InChI=1S/C21H20BrN3O4/c22-12-20(26)24-17-7-3-4-16(17)21(27)23(18-5-1-2-6-19(18)24)13-14-8-10-15(11-9-14)25(28)29/h1-2,5-6,8-11,16-17H,3-4,7,12-13H2/t16-,17+/m0/s1. The lowest BCUT2D eigenvalue weighted by Crippen LogP contribution is -2.45. The van der Waals surface area contributed by atoms with Crippen molar-refractivity contribution in [2.45, 2.75) is 31.8 Å². The summed E-state index contributed by atoms with van der Waals surface area (Å²) in [6.45, 7) is 0.299. The molecule has 1 aliphatic carbocycles. The molecule has 0 saturated heterocycles. The van der Waals surface area contributed by atoms with Crippen LogP contribution in [0.15, 0.2) is 48.5 Å². The maximum Gasteiger partial charge on any atom is 0.269 e. The van der Waals surface area contributed by atoms with Gasteiger partial charge >= 0.3 is 0 Å². The second kappa shape index (κ2) is 7.94. The maximum atomic E-state index is 13.5. The molecule has 0 bridgehead atoms. The molecule has 1 fully saturated rings. The van der Waals surface area contributed by atoms with Crippen molar-refractivity contribution < 1.29 is 14.5 Å². The van der Waals surface area contributed by atoms with Gasteiger partial charge in [0.05, 0.1) is 34.1 Å². The fourth-order valence-electron chi connectivity index (χ4n) is 4.38. The average molecular weight is 458 g/mol. The minimum atomic E-state index is -0.441. The highest BCUT2D eigenvalue weighted by Gasteiger charge is 2.45. The highest BCUT2D eigenvalue weighted by Crippen LogP contribution is 2.43. The fourth-order valence-corrected chi connectivity index (χ4v) is 4.65. The van der Waals surface area contributed by atoms with Crippen molar-refractivity contribution in [3.8, 4) is 0 Å². The molecule has 2 aromatic carbocycles. The highest BCUT2D eigenvalue weighted by atomic mass is 79.9. The van der Waals surface area contributed by atoms with Gasteiger partial charge in [-0.1, -0.05) is 46.6 Å². The molecule has 0 N–H and O–H groups in total. The Balaban J connectivity index is 1.77. The Bertz CT molecular complexity index is 963. The first-order chi connectivity index (χ1) is 14.0. The van der Waals surface area contributed by atoms with E-state index >= 15 is 0 Å². The minimum Gasteiger partial charge on any atom is -0.306 e. The predicted molar refractivity (Wildman–Crippen MR) is 113 cm³/mol. The van der Waals surface area contributed by atoms with Crippen molar-refractivity contribution in [2.24, 2.45) is 5.92 Å². The zero-order valence-corrected chi connectivity index (χ0v) is 17.2. The number of rotatable bonds is 4. The molecule has 0 aromatic heterocycles. The number of non-ortho nitro benzene ring substituents is 1. The maximum absolute atomic E-state index is 13.5. The number of amides is 2. The third-order valence-corrected chi connectivity index (χ3v) is 6.18. The third-order valence-electron chi connectivity index (χ3n) is 5.70. The van der Waals surface area contributed by atoms with E-state index < -0.39 is 4.92 Å². The Morgan fingerprint density at radius 1 is 1.10 bits per heavy atom. The first kappa shape index (κ1) is 19.6. The first-order valence-electron chi connectivity index (χ1n) is 9.53. The molecule has 29 heavy (non-hydrogen) atoms. The van der Waals surface area contributed by atoms with Crippen molar-refractivity contribution in [3.05, 3.63) is 64.2 Å². The van der Waals surface area contributed by atoms with Gasteiger partial charge in [-0.25, -0.2) is 0 Å². The number of fused-ring (bicyclic) bond motifs is 2. The topological polar surface area (TPSA) is 83.8 Å². The number of nitrogens with zero attached hydrogens (tertiary/aromatic N) is 3. The van der Waals surface area contributed by atoms with Gasteiger partial charge in [0.15, 0.2) is 0 Å². The molecule has 2 amide bonds. The smallest absolute Gasteiger partial charge is 0.269 e. The van der Waals surface area contributed by atoms with Gasteiger partial charge in [0.25, 0.3) is 5.69 Å². The highest BCUT2D eigenvalue weighted by molar-refractivity contribution is 9.09. The minimum absolute atomic E-state index is 0.00294. The number of nitro benzene ring substituents is 1. The fraction of sp³-hybridized carbons (Fsp3) is 0.333. The summed E-state index contributed by atoms with van der Waals surface area (Å²) in [5.41, 5.74) is 2.25. The molecule has 4 rings (SSSR count). The van der Waals surface area contributed by atoms with E-state index in [4.69, 9.17) is 0 Å². The van der Waals surface area contributed by atoms with Crippen LogP contribution in [0.5, 0.6) is 0 Å². The second-order valence-electron chi connectivity index (χ2n) is 7.34. The molecule has 1 saturated carbocycles. The van der Waals surface area contributed by atoms with Crippen LogP contribution in [0.25, 0.3) is 0 Å². The van der Waals surface area contributed by atoms with E-state index in [9.17, 15) is 19.7 Å². The van der Waals surface area contributed by atoms with Gasteiger partial charge in [0.1, 0.15) is 0 Å². The van der Waals surface area contributed by atoms with E-state index in [2.05, 4.69) is 15.9 Å². The Kier molecular flexibility index (Phi) is 5.36. The number of carbonyl (C=O) groups is 2. The van der Waals surface area contributed by atoms with Crippen molar-refractivity contribution in [1.29, 1.82) is 0 Å². The molecule has 1 heterocycles. The molecule has 2 aliphatic rings. The molecule has 0 spiro atoms. The van der Waals surface area contributed by atoms with E-state index in [-0.39, 0.29) is 34.8 Å². The molecule has 2 aromatic rings. The van der Waals surface area contributed by atoms with Gasteiger partial charge < -0.3 is 9.80 Å². The Morgan fingerprint density at radius 3 is 2.45 bits per heavy atom. The Hall–Kier alpha value is -2.74. The van der Waals surface area contributed by atoms with Crippen LogP contribution in [0, 0.1) is 16.0 Å². The van der Waals surface area contributed by atoms with Gasteiger partial charge in [0.2, 0.25) is 11.8 Å². The van der Waals surface area contributed by atoms with Gasteiger partial charge in [-0.05, 0) is 30.5 Å². The van der Waals surface area contributed by atoms with Crippen molar-refractivity contribution >= 4 is 44.8 Å². The summed E-state index contributed by atoms with van der Waals surface area (Å²) < 4.78 is 0. The lowest BCUT2D eigenvalue weighted by molar-refractivity contribution is -0.384. The van der Waals surface area contributed by atoms with E-state index in [0.29, 0.717) is 12.2 Å². The summed E-state index contributed by atoms with van der Waals surface area (Å²) >= 11 is 3.28. The summed E-state index contributed by atoms with van der Waals surface area (Å²) in [7, 11) is 0. The van der Waals surface area contributed by atoms with Crippen LogP contribution in [0.1, 0.15) is 24.8 Å². The van der Waals surface area contributed by atoms with Crippen LogP contribution < -0.4 is 9.80 Å². The van der Waals surface area contributed by atoms with Gasteiger partial charge in [0, 0.05) is 18.2 Å². The number of hydrogen-bond acceptors (Lipinski definition) is 4. The molecular weight excluding hydrogens is 438 g/mol. The predicted octanol–water partition coefficient (Wildman–Crippen LogP) is 4.04.